The van der Waals surface area contributed by atoms with Crippen molar-refractivity contribution < 1.29 is 14.4 Å². The van der Waals surface area contributed by atoms with Crippen LogP contribution in [0.25, 0.3) is 0 Å². The number of hydrogen-bond donors (Lipinski definition) is 3. The van der Waals surface area contributed by atoms with Gasteiger partial charge in [0.2, 0.25) is 11.8 Å². The number of allylic oxidation sites excluding steroid dienone is 1. The van der Waals surface area contributed by atoms with Gasteiger partial charge in [0.25, 0.3) is 0 Å². The Labute approximate surface area is 211 Å². The van der Waals surface area contributed by atoms with Gasteiger partial charge in [0.05, 0.1) is 12.1 Å². The van der Waals surface area contributed by atoms with Gasteiger partial charge in [-0.1, -0.05) is 66.7 Å². The first-order valence-corrected chi connectivity index (χ1v) is 12.2. The molecule has 7 heteroatoms. The summed E-state index contributed by atoms with van der Waals surface area (Å²) in [7, 11) is 3.47. The highest BCUT2D eigenvalue weighted by Gasteiger charge is 2.41. The normalized spacial score (nSPS) is 15.4. The van der Waals surface area contributed by atoms with Gasteiger partial charge in [-0.15, -0.1) is 0 Å². The maximum Gasteiger partial charge on any atom is 0.245 e. The van der Waals surface area contributed by atoms with Gasteiger partial charge >= 0.3 is 0 Å². The van der Waals surface area contributed by atoms with E-state index in [9.17, 15) is 14.4 Å². The summed E-state index contributed by atoms with van der Waals surface area (Å²) in [5.74, 6) is -0.410. The quantitative estimate of drug-likeness (QED) is 0.346. The van der Waals surface area contributed by atoms with Crippen molar-refractivity contribution in [3.63, 3.8) is 0 Å². The summed E-state index contributed by atoms with van der Waals surface area (Å²) in [6.07, 6.45) is 1.84. The molecule has 0 heterocycles. The molecule has 3 atom stereocenters. The second kappa shape index (κ2) is 11.8. The molecular weight excluding hydrogens is 440 g/mol. The number of nitrogens with zero attached hydrogens (tertiary/aromatic N) is 1. The Morgan fingerprint density at radius 2 is 1.60 bits per heavy atom. The summed E-state index contributed by atoms with van der Waals surface area (Å²) >= 11 is 0. The molecule has 0 radical (unpaired) electrons. The zero-order valence-corrected chi connectivity index (χ0v) is 23.4. The number of benzene rings is 1. The molecule has 0 bridgehead atoms. The van der Waals surface area contributed by atoms with E-state index in [2.05, 4.69) is 10.6 Å². The van der Waals surface area contributed by atoms with E-state index >= 15 is 0 Å². The summed E-state index contributed by atoms with van der Waals surface area (Å²) in [6, 6.07) is 5.85. The minimum Gasteiger partial charge on any atom is -0.399 e. The van der Waals surface area contributed by atoms with E-state index in [0.717, 1.165) is 5.56 Å². The van der Waals surface area contributed by atoms with Crippen molar-refractivity contribution in [2.45, 2.75) is 85.9 Å². The number of anilines is 1. The standard InChI is InChI=1S/C28H46N4O3/c1-17(2)22(15-18(3)19(4)33)32(11)26(35)24(27(5,6)7)31-25(34)23(30-10)28(8,9)20-13-12-14-21(29)16-20/h12-17,22-24,30H,29H2,1-11H3,(H,31,34)/b18-15+/t22-,23?,24-/m1/s1. The zero-order valence-electron chi connectivity index (χ0n) is 23.4. The molecule has 0 aromatic heterocycles. The number of nitrogens with one attached hydrogen (secondary N) is 2. The number of carbonyl (C=O) groups is 3. The lowest BCUT2D eigenvalue weighted by Gasteiger charge is -2.40. The average molecular weight is 487 g/mol. The molecule has 35 heavy (non-hydrogen) atoms. The average Bonchev–Trinajstić information content (AvgIpc) is 2.73. The number of Topliss-reactive ketones (excluding diaryl/α,β-unsaturated/α-hetero) is 1. The summed E-state index contributed by atoms with van der Waals surface area (Å²) in [6.45, 7) is 17.0. The van der Waals surface area contributed by atoms with Gasteiger partial charge in [0.1, 0.15) is 6.04 Å². The van der Waals surface area contributed by atoms with Crippen LogP contribution in [0.3, 0.4) is 0 Å². The molecule has 0 spiro atoms. The number of nitrogen functional groups attached to an aromatic ring is 1. The first-order chi connectivity index (χ1) is 15.9. The second-order valence-corrected chi connectivity index (χ2v) is 11.5. The molecule has 7 nitrogen and oxygen atoms in total. The van der Waals surface area contributed by atoms with Gasteiger partial charge in [-0.05, 0) is 55.5 Å². The molecule has 0 saturated heterocycles. The fraction of sp³-hybridized carbons (Fsp3) is 0.607. The molecule has 1 unspecified atom stereocenters. The Hall–Kier alpha value is -2.67. The SMILES string of the molecule is CNC(C(=O)N[C@H](C(=O)N(C)[C@H](/C=C(\C)C(C)=O)C(C)C)C(C)(C)C)C(C)(C)c1cccc(N)c1. The Balaban J connectivity index is 3.32. The maximum absolute atomic E-state index is 13.8. The summed E-state index contributed by atoms with van der Waals surface area (Å²) < 4.78 is 0. The van der Waals surface area contributed by atoms with E-state index in [1.54, 1.807) is 25.9 Å². The fourth-order valence-electron chi connectivity index (χ4n) is 4.28. The number of nitrogens with two attached hydrogens (primary N) is 1. The van der Waals surface area contributed by atoms with Crippen LogP contribution >= 0.6 is 0 Å². The first kappa shape index (κ1) is 30.4. The van der Waals surface area contributed by atoms with Crippen molar-refractivity contribution in [3.8, 4) is 0 Å². The number of rotatable bonds is 10. The maximum atomic E-state index is 13.8. The van der Waals surface area contributed by atoms with Gasteiger partial charge in [0, 0.05) is 18.2 Å². The Kier molecular flexibility index (Phi) is 10.3. The molecule has 1 rings (SSSR count). The van der Waals surface area contributed by atoms with Crippen LogP contribution in [-0.4, -0.2) is 54.7 Å². The van der Waals surface area contributed by atoms with Crippen molar-refractivity contribution in [3.05, 3.63) is 41.5 Å². The molecule has 0 aliphatic heterocycles. The number of likely N-dealkylation sites (N-methyl/N-ethyl adjacent to an activating group) is 2. The van der Waals surface area contributed by atoms with Gasteiger partial charge < -0.3 is 21.3 Å². The minimum atomic E-state index is -0.764. The lowest BCUT2D eigenvalue weighted by molar-refractivity contribution is -0.140. The minimum absolute atomic E-state index is 0.0298. The Bertz CT molecular complexity index is 944. The monoisotopic (exact) mass is 486 g/mol. The Morgan fingerprint density at radius 1 is 1.03 bits per heavy atom. The highest BCUT2D eigenvalue weighted by atomic mass is 16.2. The van der Waals surface area contributed by atoms with Crippen LogP contribution in [0.5, 0.6) is 0 Å². The predicted octanol–water partition coefficient (Wildman–Crippen LogP) is 3.68. The zero-order chi connectivity index (χ0) is 27.3. The van der Waals surface area contributed by atoms with Crippen LogP contribution in [-0.2, 0) is 19.8 Å². The molecule has 1 aromatic carbocycles. The van der Waals surface area contributed by atoms with Crippen LogP contribution in [0.2, 0.25) is 0 Å². The van der Waals surface area contributed by atoms with E-state index < -0.39 is 22.9 Å². The second-order valence-electron chi connectivity index (χ2n) is 11.5. The van der Waals surface area contributed by atoms with Gasteiger partial charge in [-0.25, -0.2) is 0 Å². The number of amides is 2. The third-order valence-corrected chi connectivity index (χ3v) is 6.76. The molecule has 2 amide bonds. The van der Waals surface area contributed by atoms with Crippen molar-refractivity contribution >= 4 is 23.3 Å². The lowest BCUT2D eigenvalue weighted by Crippen LogP contribution is -2.61. The van der Waals surface area contributed by atoms with Crippen molar-refractivity contribution in [2.24, 2.45) is 11.3 Å². The van der Waals surface area contributed by atoms with Crippen molar-refractivity contribution in [2.75, 3.05) is 19.8 Å². The van der Waals surface area contributed by atoms with Crippen molar-refractivity contribution in [1.29, 1.82) is 0 Å². The van der Waals surface area contributed by atoms with E-state index in [0.29, 0.717) is 11.3 Å². The van der Waals surface area contributed by atoms with Crippen LogP contribution in [0, 0.1) is 11.3 Å². The van der Waals surface area contributed by atoms with Gasteiger partial charge in [-0.2, -0.15) is 0 Å². The Morgan fingerprint density at radius 3 is 2.03 bits per heavy atom. The van der Waals surface area contributed by atoms with Crippen LogP contribution in [0.1, 0.15) is 67.9 Å². The van der Waals surface area contributed by atoms with Crippen LogP contribution in [0.15, 0.2) is 35.9 Å². The summed E-state index contributed by atoms with van der Waals surface area (Å²) in [5, 5.41) is 6.18. The summed E-state index contributed by atoms with van der Waals surface area (Å²) in [5.41, 5.74) is 7.02. The highest BCUT2D eigenvalue weighted by molar-refractivity contribution is 5.93. The van der Waals surface area contributed by atoms with Crippen LogP contribution in [0.4, 0.5) is 5.69 Å². The van der Waals surface area contributed by atoms with E-state index in [4.69, 9.17) is 5.73 Å². The lowest BCUT2D eigenvalue weighted by atomic mass is 9.76. The molecule has 0 fully saturated rings. The first-order valence-electron chi connectivity index (χ1n) is 12.2. The molecule has 1 aromatic rings. The van der Waals surface area contributed by atoms with Gasteiger partial charge in [0.15, 0.2) is 5.78 Å². The largest absolute Gasteiger partial charge is 0.399 e. The highest BCUT2D eigenvalue weighted by Crippen LogP contribution is 2.30. The fourth-order valence-corrected chi connectivity index (χ4v) is 4.28. The third-order valence-electron chi connectivity index (χ3n) is 6.76. The van der Waals surface area contributed by atoms with Gasteiger partial charge in [-0.3, -0.25) is 14.4 Å². The van der Waals surface area contributed by atoms with Crippen LogP contribution < -0.4 is 16.4 Å². The predicted molar refractivity (Wildman–Crippen MR) is 144 cm³/mol. The number of ketones is 1. The van der Waals surface area contributed by atoms with Crippen molar-refractivity contribution in [1.82, 2.24) is 15.5 Å². The molecule has 0 aliphatic rings. The molecule has 196 valence electrons. The molecule has 0 aliphatic carbocycles. The van der Waals surface area contributed by atoms with E-state index in [1.807, 2.05) is 78.8 Å². The number of carbonyl (C=O) groups excluding carboxylic acids is 3. The topological polar surface area (TPSA) is 105 Å². The molecule has 0 saturated carbocycles. The van der Waals surface area contributed by atoms with E-state index in [-0.39, 0.29) is 29.6 Å². The molecular formula is C28H46N4O3. The number of hydrogen-bond acceptors (Lipinski definition) is 5. The smallest absolute Gasteiger partial charge is 0.245 e. The molecule has 4 N–H and O–H groups in total. The third kappa shape index (κ3) is 7.66. The van der Waals surface area contributed by atoms with E-state index in [1.165, 1.54) is 6.92 Å². The summed E-state index contributed by atoms with van der Waals surface area (Å²) in [4.78, 5) is 40.8.